The van der Waals surface area contributed by atoms with Gasteiger partial charge >= 0.3 is 0 Å². The van der Waals surface area contributed by atoms with Gasteiger partial charge in [-0.15, -0.1) is 0 Å². The zero-order chi connectivity index (χ0) is 16.7. The quantitative estimate of drug-likeness (QED) is 0.745. The number of hydrogen-bond donors (Lipinski definition) is 1. The molecule has 0 atom stereocenters. The number of nitrogens with one attached hydrogen (secondary N) is 1. The molecule has 0 aliphatic heterocycles. The summed E-state index contributed by atoms with van der Waals surface area (Å²) in [6, 6.07) is 3.02. The van der Waals surface area contributed by atoms with Gasteiger partial charge in [0.05, 0.1) is 6.20 Å². The van der Waals surface area contributed by atoms with E-state index in [4.69, 9.17) is 4.52 Å². The van der Waals surface area contributed by atoms with E-state index in [0.29, 0.717) is 17.3 Å². The van der Waals surface area contributed by atoms with Gasteiger partial charge in [-0.3, -0.25) is 14.4 Å². The average molecular weight is 346 g/mol. The fourth-order valence-electron chi connectivity index (χ4n) is 2.26. The second kappa shape index (κ2) is 5.41. The highest BCUT2D eigenvalue weighted by atomic mass is 32.2. The first-order chi connectivity index (χ1) is 11.5. The molecule has 3 heterocycles. The van der Waals surface area contributed by atoms with Gasteiger partial charge in [-0.05, 0) is 25.0 Å². The van der Waals surface area contributed by atoms with Crippen LogP contribution in [0.1, 0.15) is 24.6 Å². The molecule has 0 radical (unpaired) electrons. The molecule has 124 valence electrons. The lowest BCUT2D eigenvalue weighted by atomic mass is 10.3. The van der Waals surface area contributed by atoms with Gasteiger partial charge in [-0.1, -0.05) is 5.16 Å². The molecule has 1 N–H and O–H groups in total. The summed E-state index contributed by atoms with van der Waals surface area (Å²) in [4.78, 5) is 8.23. The molecule has 0 amide bonds. The number of sulfonamides is 1. The molecule has 10 heteroatoms. The van der Waals surface area contributed by atoms with Gasteiger partial charge in [-0.25, -0.2) is 8.42 Å². The first-order valence-electron chi connectivity index (χ1n) is 7.33. The van der Waals surface area contributed by atoms with Crippen molar-refractivity contribution in [1.82, 2.24) is 24.9 Å². The van der Waals surface area contributed by atoms with E-state index >= 15 is 0 Å². The van der Waals surface area contributed by atoms with Gasteiger partial charge in [0.15, 0.2) is 11.6 Å². The summed E-state index contributed by atoms with van der Waals surface area (Å²) in [5.41, 5.74) is 0.435. The lowest BCUT2D eigenvalue weighted by Gasteiger charge is -2.08. The standard InChI is InChI=1S/C14H14N6O3S/c1-20-13(19-24(21,22)10-3-2-6-15-7-10)11(8-16-20)14-17-12(18-23-14)9-4-5-9/h2-3,6-9,19H,4-5H2,1H3. The van der Waals surface area contributed by atoms with Crippen molar-refractivity contribution >= 4 is 15.8 Å². The predicted octanol–water partition coefficient (Wildman–Crippen LogP) is 1.54. The van der Waals surface area contributed by atoms with Crippen LogP contribution in [0.25, 0.3) is 11.5 Å². The maximum atomic E-state index is 12.5. The fourth-order valence-corrected chi connectivity index (χ4v) is 3.33. The Bertz CT molecular complexity index is 975. The van der Waals surface area contributed by atoms with Gasteiger partial charge in [0.2, 0.25) is 0 Å². The van der Waals surface area contributed by atoms with Crippen LogP contribution in [0.3, 0.4) is 0 Å². The molecule has 1 aliphatic carbocycles. The zero-order valence-electron chi connectivity index (χ0n) is 12.7. The number of rotatable bonds is 5. The minimum absolute atomic E-state index is 0.0568. The van der Waals surface area contributed by atoms with Crippen molar-refractivity contribution in [3.63, 3.8) is 0 Å². The van der Waals surface area contributed by atoms with E-state index in [0.717, 1.165) is 12.8 Å². The number of aromatic nitrogens is 5. The van der Waals surface area contributed by atoms with Crippen LogP contribution in [-0.4, -0.2) is 33.3 Å². The van der Waals surface area contributed by atoms with E-state index in [2.05, 4.69) is 24.9 Å². The summed E-state index contributed by atoms with van der Waals surface area (Å²) in [5.74, 6) is 1.49. The second-order valence-corrected chi connectivity index (χ2v) is 7.24. The van der Waals surface area contributed by atoms with E-state index in [1.807, 2.05) is 0 Å². The van der Waals surface area contributed by atoms with E-state index in [1.165, 1.54) is 29.3 Å². The molecular weight excluding hydrogens is 332 g/mol. The van der Waals surface area contributed by atoms with Crippen molar-refractivity contribution in [3.8, 4) is 11.5 Å². The lowest BCUT2D eigenvalue weighted by Crippen LogP contribution is -2.16. The Balaban J connectivity index is 1.69. The van der Waals surface area contributed by atoms with Crippen LogP contribution in [0, 0.1) is 0 Å². The van der Waals surface area contributed by atoms with E-state index in [1.54, 1.807) is 13.1 Å². The third-order valence-electron chi connectivity index (χ3n) is 3.73. The van der Waals surface area contributed by atoms with Crippen molar-refractivity contribution in [2.75, 3.05) is 4.72 Å². The Morgan fingerprint density at radius 1 is 1.33 bits per heavy atom. The second-order valence-electron chi connectivity index (χ2n) is 5.56. The Morgan fingerprint density at radius 2 is 2.17 bits per heavy atom. The summed E-state index contributed by atoms with van der Waals surface area (Å²) >= 11 is 0. The van der Waals surface area contributed by atoms with E-state index in [-0.39, 0.29) is 16.6 Å². The monoisotopic (exact) mass is 346 g/mol. The maximum Gasteiger partial charge on any atom is 0.264 e. The van der Waals surface area contributed by atoms with E-state index in [9.17, 15) is 8.42 Å². The largest absolute Gasteiger partial charge is 0.334 e. The average Bonchev–Trinajstić information content (AvgIpc) is 3.22. The van der Waals surface area contributed by atoms with Crippen LogP contribution in [0.4, 0.5) is 5.82 Å². The topological polar surface area (TPSA) is 116 Å². The molecule has 4 rings (SSSR count). The van der Waals surface area contributed by atoms with Gasteiger partial charge in [0.1, 0.15) is 10.5 Å². The third-order valence-corrected chi connectivity index (χ3v) is 5.05. The van der Waals surface area contributed by atoms with Crippen LogP contribution in [0.15, 0.2) is 40.1 Å². The molecular formula is C14H14N6O3S. The van der Waals surface area contributed by atoms with E-state index < -0.39 is 10.0 Å². The number of nitrogens with zero attached hydrogens (tertiary/aromatic N) is 5. The summed E-state index contributed by atoms with van der Waals surface area (Å²) in [7, 11) is -2.17. The summed E-state index contributed by atoms with van der Waals surface area (Å²) in [6.45, 7) is 0. The van der Waals surface area contributed by atoms with Crippen molar-refractivity contribution < 1.29 is 12.9 Å². The minimum atomic E-state index is -3.80. The van der Waals surface area contributed by atoms with Crippen LogP contribution in [0.2, 0.25) is 0 Å². The number of anilines is 1. The molecule has 0 aromatic carbocycles. The molecule has 1 saturated carbocycles. The Hall–Kier alpha value is -2.75. The zero-order valence-corrected chi connectivity index (χ0v) is 13.6. The molecule has 1 fully saturated rings. The number of hydrogen-bond acceptors (Lipinski definition) is 7. The Morgan fingerprint density at radius 3 is 2.88 bits per heavy atom. The van der Waals surface area contributed by atoms with Crippen LogP contribution < -0.4 is 4.72 Å². The summed E-state index contributed by atoms with van der Waals surface area (Å²) < 4.78 is 34.2. The first-order valence-corrected chi connectivity index (χ1v) is 8.82. The highest BCUT2D eigenvalue weighted by Crippen LogP contribution is 2.39. The minimum Gasteiger partial charge on any atom is -0.334 e. The molecule has 1 aliphatic rings. The third kappa shape index (κ3) is 2.64. The molecule has 0 unspecified atom stereocenters. The maximum absolute atomic E-state index is 12.5. The van der Waals surface area contributed by atoms with Gasteiger partial charge in [0, 0.05) is 25.4 Å². The van der Waals surface area contributed by atoms with Crippen LogP contribution in [-0.2, 0) is 17.1 Å². The highest BCUT2D eigenvalue weighted by molar-refractivity contribution is 7.92. The molecule has 24 heavy (non-hydrogen) atoms. The normalized spacial score (nSPS) is 14.7. The van der Waals surface area contributed by atoms with Crippen LogP contribution in [0.5, 0.6) is 0 Å². The van der Waals surface area contributed by atoms with Gasteiger partial charge in [0.25, 0.3) is 15.9 Å². The molecule has 3 aromatic rings. The fraction of sp³-hybridized carbons (Fsp3) is 0.286. The van der Waals surface area contributed by atoms with Gasteiger partial charge in [-0.2, -0.15) is 10.1 Å². The van der Waals surface area contributed by atoms with Crippen molar-refractivity contribution in [1.29, 1.82) is 0 Å². The Kier molecular flexibility index (Phi) is 3.34. The molecule has 3 aromatic heterocycles. The van der Waals surface area contributed by atoms with Crippen molar-refractivity contribution in [2.24, 2.45) is 7.05 Å². The number of pyridine rings is 1. The SMILES string of the molecule is Cn1ncc(-c2nc(C3CC3)no2)c1NS(=O)(=O)c1cccnc1. The van der Waals surface area contributed by atoms with Crippen molar-refractivity contribution in [3.05, 3.63) is 36.5 Å². The van der Waals surface area contributed by atoms with Crippen LogP contribution >= 0.6 is 0 Å². The molecule has 0 spiro atoms. The Labute approximate surface area is 137 Å². The molecule has 0 bridgehead atoms. The predicted molar refractivity (Wildman–Crippen MR) is 83.5 cm³/mol. The number of aryl methyl sites for hydroxylation is 1. The lowest BCUT2D eigenvalue weighted by molar-refractivity contribution is 0.423. The van der Waals surface area contributed by atoms with Gasteiger partial charge < -0.3 is 4.52 Å². The van der Waals surface area contributed by atoms with Crippen molar-refractivity contribution in [2.45, 2.75) is 23.7 Å². The summed E-state index contributed by atoms with van der Waals surface area (Å²) in [5, 5.41) is 8.04. The molecule has 0 saturated heterocycles. The first kappa shape index (κ1) is 14.8. The highest BCUT2D eigenvalue weighted by Gasteiger charge is 2.30. The smallest absolute Gasteiger partial charge is 0.264 e. The summed E-state index contributed by atoms with van der Waals surface area (Å²) in [6.07, 6.45) is 6.37. The molecule has 9 nitrogen and oxygen atoms in total.